The van der Waals surface area contributed by atoms with E-state index in [0.717, 1.165) is 0 Å². The van der Waals surface area contributed by atoms with Crippen LogP contribution in [-0.4, -0.2) is 5.24 Å². The van der Waals surface area contributed by atoms with Crippen LogP contribution in [0.4, 0.5) is 0 Å². The van der Waals surface area contributed by atoms with Crippen LogP contribution in [0.5, 0.6) is 0 Å². The van der Waals surface area contributed by atoms with Crippen LogP contribution in [0.3, 0.4) is 0 Å². The maximum atomic E-state index is 9.21. The van der Waals surface area contributed by atoms with E-state index in [0.29, 0.717) is 0 Å². The van der Waals surface area contributed by atoms with Gasteiger partial charge in [0.05, 0.1) is 0 Å². The van der Waals surface area contributed by atoms with Gasteiger partial charge in [0.1, 0.15) is 0 Å². The molecule has 0 aromatic carbocycles. The first-order valence-corrected chi connectivity index (χ1v) is 1.27. The summed E-state index contributed by atoms with van der Waals surface area (Å²) in [7, 11) is 0. The summed E-state index contributed by atoms with van der Waals surface area (Å²) in [5.74, 6) is 0. The Labute approximate surface area is 52.7 Å². The molecule has 0 aromatic rings. The van der Waals surface area contributed by atoms with Gasteiger partial charge in [-0.2, -0.15) is 0 Å². The monoisotopic (exact) mass is 206 g/mol. The van der Waals surface area contributed by atoms with Crippen molar-refractivity contribution in [2.45, 2.75) is 6.92 Å². The van der Waals surface area contributed by atoms with Crippen LogP contribution >= 0.6 is 35.6 Å². The minimum atomic E-state index is -0.361. The van der Waals surface area contributed by atoms with Crippen molar-refractivity contribution in [2.75, 3.05) is 0 Å². The summed E-state index contributed by atoms with van der Waals surface area (Å²) >= 11 is 4.64. The van der Waals surface area contributed by atoms with E-state index < -0.39 is 0 Å². The summed E-state index contributed by atoms with van der Waals surface area (Å²) in [5.41, 5.74) is 0. The minimum Gasteiger partial charge on any atom is -0.282 e. The van der Waals surface area contributed by atoms with Gasteiger partial charge in [-0.05, 0) is 11.6 Å². The first-order valence-electron chi connectivity index (χ1n) is 0.893. The molecule has 0 N–H and O–H groups in total. The Hall–Kier alpha value is 0.690. The van der Waals surface area contributed by atoms with Crippen molar-refractivity contribution >= 4 is 40.8 Å². The molecule has 0 aromatic heterocycles. The topological polar surface area (TPSA) is 17.1 Å². The molecule has 0 saturated carbocycles. The van der Waals surface area contributed by atoms with E-state index in [9.17, 15) is 4.79 Å². The molecule has 0 radical (unpaired) electrons. The lowest BCUT2D eigenvalue weighted by molar-refractivity contribution is -0.109. The Morgan fingerprint density at radius 3 is 1.80 bits per heavy atom. The standard InChI is InChI=1S/C2H3ClO.HI/c1-2(3)4;/h1H3;1H. The Kier molecular flexibility index (Phi) is 8.62. The number of halogens is 2. The van der Waals surface area contributed by atoms with E-state index in [1.54, 1.807) is 0 Å². The zero-order valence-corrected chi connectivity index (χ0v) is 5.78. The fourth-order valence-corrected chi connectivity index (χ4v) is 0. The normalized spacial score (nSPS) is 5.20. The van der Waals surface area contributed by atoms with E-state index in [1.807, 2.05) is 0 Å². The summed E-state index contributed by atoms with van der Waals surface area (Å²) in [6, 6.07) is 0. The molecule has 1 nitrogen and oxygen atoms in total. The quantitative estimate of drug-likeness (QED) is 0.432. The van der Waals surface area contributed by atoms with Gasteiger partial charge in [0, 0.05) is 6.92 Å². The number of hydrogen-bond acceptors (Lipinski definition) is 1. The van der Waals surface area contributed by atoms with Crippen molar-refractivity contribution < 1.29 is 4.79 Å². The zero-order chi connectivity index (χ0) is 3.58. The summed E-state index contributed by atoms with van der Waals surface area (Å²) in [4.78, 5) is 9.21. The number of hydrogen-bond donors (Lipinski definition) is 0. The lowest BCUT2D eigenvalue weighted by Crippen LogP contribution is -1.62. The third kappa shape index (κ3) is 71.3. The van der Waals surface area contributed by atoms with Crippen molar-refractivity contribution in [1.82, 2.24) is 0 Å². The van der Waals surface area contributed by atoms with Gasteiger partial charge >= 0.3 is 0 Å². The molecule has 32 valence electrons. The Bertz CT molecular complexity index is 32.6. The molecule has 0 aliphatic rings. The summed E-state index contributed by atoms with van der Waals surface area (Å²) in [6.45, 7) is 1.29. The largest absolute Gasteiger partial charge is 0.282 e. The van der Waals surface area contributed by atoms with Crippen LogP contribution in [0.25, 0.3) is 0 Å². The molecule has 0 aliphatic heterocycles. The molecule has 3 heteroatoms. The van der Waals surface area contributed by atoms with E-state index >= 15 is 0 Å². The van der Waals surface area contributed by atoms with Crippen molar-refractivity contribution in [3.63, 3.8) is 0 Å². The van der Waals surface area contributed by atoms with Gasteiger partial charge in [-0.3, -0.25) is 4.79 Å². The predicted molar refractivity (Wildman–Crippen MR) is 31.9 cm³/mol. The number of carbonyl (C=O) groups excluding carboxylic acids is 1. The van der Waals surface area contributed by atoms with E-state index in [-0.39, 0.29) is 29.2 Å². The maximum Gasteiger partial charge on any atom is 0.218 e. The highest BCUT2D eigenvalue weighted by Crippen LogP contribution is 1.67. The van der Waals surface area contributed by atoms with E-state index in [4.69, 9.17) is 0 Å². The smallest absolute Gasteiger partial charge is 0.218 e. The molecular formula is C2H4ClIO. The fourth-order valence-electron chi connectivity index (χ4n) is 0. The molecule has 0 fully saturated rings. The molecule has 0 atom stereocenters. The number of rotatable bonds is 0. The number of carbonyl (C=O) groups is 1. The summed E-state index contributed by atoms with van der Waals surface area (Å²) < 4.78 is 0. The van der Waals surface area contributed by atoms with Crippen LogP contribution in [0.15, 0.2) is 0 Å². The highest BCUT2D eigenvalue weighted by atomic mass is 127. The van der Waals surface area contributed by atoms with Gasteiger partial charge in [0.2, 0.25) is 5.24 Å². The van der Waals surface area contributed by atoms with E-state index in [1.165, 1.54) is 6.92 Å². The van der Waals surface area contributed by atoms with Gasteiger partial charge in [0.15, 0.2) is 0 Å². The summed E-state index contributed by atoms with van der Waals surface area (Å²) in [6.07, 6.45) is 0. The first kappa shape index (κ1) is 9.19. The molecule has 0 heterocycles. The zero-order valence-electron chi connectivity index (χ0n) is 2.69. The van der Waals surface area contributed by atoms with Gasteiger partial charge in [-0.25, -0.2) is 0 Å². The summed E-state index contributed by atoms with van der Waals surface area (Å²) in [5, 5.41) is -0.361. The van der Waals surface area contributed by atoms with Gasteiger partial charge in [-0.1, -0.05) is 0 Å². The highest BCUT2D eigenvalue weighted by molar-refractivity contribution is 14.0. The van der Waals surface area contributed by atoms with Gasteiger partial charge < -0.3 is 0 Å². The Morgan fingerprint density at radius 1 is 1.80 bits per heavy atom. The predicted octanol–water partition coefficient (Wildman–Crippen LogP) is 1.39. The Morgan fingerprint density at radius 2 is 1.80 bits per heavy atom. The van der Waals surface area contributed by atoms with Crippen LogP contribution in [0.1, 0.15) is 6.92 Å². The lowest BCUT2D eigenvalue weighted by atomic mass is 10.9. The van der Waals surface area contributed by atoms with E-state index in [2.05, 4.69) is 11.6 Å². The molecule has 0 bridgehead atoms. The lowest BCUT2D eigenvalue weighted by Gasteiger charge is -1.52. The molecule has 0 saturated heterocycles. The van der Waals surface area contributed by atoms with Crippen molar-refractivity contribution in [3.8, 4) is 0 Å². The molecule has 0 unspecified atom stereocenters. The second kappa shape index (κ2) is 4.69. The second-order valence-electron chi connectivity index (χ2n) is 0.470. The second-order valence-corrected chi connectivity index (χ2v) is 1.00. The third-order valence-corrected chi connectivity index (χ3v) is 0. The van der Waals surface area contributed by atoms with Crippen LogP contribution in [-0.2, 0) is 4.79 Å². The maximum absolute atomic E-state index is 9.21. The average Bonchev–Trinajstić information content (AvgIpc) is 0.811. The molecular weight excluding hydrogens is 202 g/mol. The molecule has 0 rings (SSSR count). The molecule has 0 amide bonds. The highest BCUT2D eigenvalue weighted by Gasteiger charge is 1.67. The molecule has 5 heavy (non-hydrogen) atoms. The minimum absolute atomic E-state index is 0. The first-order chi connectivity index (χ1) is 1.73. The fraction of sp³-hybridized carbons (Fsp3) is 0.500. The van der Waals surface area contributed by atoms with Crippen LogP contribution < -0.4 is 0 Å². The van der Waals surface area contributed by atoms with Crippen molar-refractivity contribution in [2.24, 2.45) is 0 Å². The van der Waals surface area contributed by atoms with Gasteiger partial charge in [0.25, 0.3) is 0 Å². The van der Waals surface area contributed by atoms with Crippen LogP contribution in [0.2, 0.25) is 0 Å². The van der Waals surface area contributed by atoms with Crippen LogP contribution in [0, 0.1) is 0 Å². The third-order valence-electron chi connectivity index (χ3n) is 0. The average molecular weight is 206 g/mol. The Balaban J connectivity index is 0. The van der Waals surface area contributed by atoms with Crippen molar-refractivity contribution in [3.05, 3.63) is 0 Å². The van der Waals surface area contributed by atoms with Crippen molar-refractivity contribution in [1.29, 1.82) is 0 Å². The van der Waals surface area contributed by atoms with Gasteiger partial charge in [-0.15, -0.1) is 24.0 Å². The molecule has 0 spiro atoms. The molecule has 0 aliphatic carbocycles. The SMILES string of the molecule is CC(=O)Cl.I.